The lowest BCUT2D eigenvalue weighted by atomic mass is 9.73. The first-order valence-corrected chi connectivity index (χ1v) is 12.0. The van der Waals surface area contributed by atoms with Crippen molar-refractivity contribution in [1.82, 2.24) is 9.55 Å². The molecule has 0 saturated carbocycles. The quantitative estimate of drug-likeness (QED) is 0.172. The SMILES string of the molecule is O=C(O)c1ccc(Cl)c(N2C(=O)c3ccc4c5c3C(C=CC5C(=O)n3c-4nc4cc([N+](=O)[O-])ccc43)C2=O)c1. The second-order valence-corrected chi connectivity index (χ2v) is 9.72. The molecular weight excluding hydrogens is 528 g/mol. The van der Waals surface area contributed by atoms with Crippen LogP contribution in [0.4, 0.5) is 11.4 Å². The predicted molar refractivity (Wildman–Crippen MR) is 137 cm³/mol. The Bertz CT molecular complexity index is 1920. The van der Waals surface area contributed by atoms with Crippen molar-refractivity contribution in [2.75, 3.05) is 4.90 Å². The van der Waals surface area contributed by atoms with Gasteiger partial charge in [-0.3, -0.25) is 29.1 Å². The van der Waals surface area contributed by atoms with Gasteiger partial charge in [0.15, 0.2) is 0 Å². The summed E-state index contributed by atoms with van der Waals surface area (Å²) in [6.07, 6.45) is 3.16. The van der Waals surface area contributed by atoms with Crippen molar-refractivity contribution in [1.29, 1.82) is 0 Å². The minimum absolute atomic E-state index is 0.0266. The molecule has 0 saturated heterocycles. The summed E-state index contributed by atoms with van der Waals surface area (Å²) in [6, 6.07) is 11.0. The lowest BCUT2D eigenvalue weighted by molar-refractivity contribution is -0.384. The third kappa shape index (κ3) is 2.95. The highest BCUT2D eigenvalue weighted by atomic mass is 35.5. The fourth-order valence-corrected chi connectivity index (χ4v) is 5.85. The number of imide groups is 1. The van der Waals surface area contributed by atoms with E-state index in [0.717, 1.165) is 4.90 Å². The van der Waals surface area contributed by atoms with E-state index < -0.39 is 34.5 Å². The van der Waals surface area contributed by atoms with Gasteiger partial charge in [0, 0.05) is 23.3 Å². The lowest BCUT2D eigenvalue weighted by Crippen LogP contribution is -2.46. The molecule has 2 atom stereocenters. The maximum Gasteiger partial charge on any atom is 0.335 e. The van der Waals surface area contributed by atoms with Crippen LogP contribution in [0.15, 0.2) is 60.7 Å². The first-order valence-electron chi connectivity index (χ1n) is 11.6. The molecule has 2 amide bonds. The number of nitro groups is 1. The van der Waals surface area contributed by atoms with Crippen molar-refractivity contribution >= 4 is 57.7 Å². The van der Waals surface area contributed by atoms with E-state index in [9.17, 15) is 34.4 Å². The number of aromatic carboxylic acids is 1. The molecule has 39 heavy (non-hydrogen) atoms. The Kier molecular flexibility index (Phi) is 4.53. The van der Waals surface area contributed by atoms with Crippen molar-refractivity contribution in [2.45, 2.75) is 11.8 Å². The van der Waals surface area contributed by atoms with Gasteiger partial charge in [-0.1, -0.05) is 29.8 Å². The second kappa shape index (κ2) is 7.68. The summed E-state index contributed by atoms with van der Waals surface area (Å²) in [5.41, 5.74) is 1.89. The van der Waals surface area contributed by atoms with E-state index in [0.29, 0.717) is 22.2 Å². The van der Waals surface area contributed by atoms with Crippen LogP contribution < -0.4 is 4.90 Å². The number of hydrogen-bond donors (Lipinski definition) is 1. The Morgan fingerprint density at radius 2 is 1.64 bits per heavy atom. The molecule has 12 heteroatoms. The topological polar surface area (TPSA) is 153 Å². The van der Waals surface area contributed by atoms with Crippen molar-refractivity contribution in [3.63, 3.8) is 0 Å². The number of allylic oxidation sites excluding steroid dienone is 1. The molecule has 0 spiro atoms. The number of rotatable bonds is 3. The number of anilines is 1. The highest BCUT2D eigenvalue weighted by Gasteiger charge is 2.47. The Morgan fingerprint density at radius 3 is 2.36 bits per heavy atom. The van der Waals surface area contributed by atoms with Crippen LogP contribution in [0.3, 0.4) is 0 Å². The first-order chi connectivity index (χ1) is 18.7. The zero-order valence-corrected chi connectivity index (χ0v) is 20.2. The molecule has 3 aliphatic rings. The van der Waals surface area contributed by atoms with Crippen LogP contribution in [0.5, 0.6) is 0 Å². The Balaban J connectivity index is 1.44. The summed E-state index contributed by atoms with van der Waals surface area (Å²) in [7, 11) is 0. The number of nitro benzene ring substituents is 1. The molecule has 0 bridgehead atoms. The van der Waals surface area contributed by atoms with Gasteiger partial charge in [-0.15, -0.1) is 0 Å². The number of fused-ring (bicyclic) bond motifs is 4. The summed E-state index contributed by atoms with van der Waals surface area (Å²) in [5.74, 6) is -4.42. The van der Waals surface area contributed by atoms with Gasteiger partial charge < -0.3 is 5.11 Å². The lowest BCUT2D eigenvalue weighted by Gasteiger charge is -2.38. The van der Waals surface area contributed by atoms with Crippen molar-refractivity contribution < 1.29 is 29.2 Å². The Morgan fingerprint density at radius 1 is 0.949 bits per heavy atom. The third-order valence-electron chi connectivity index (χ3n) is 7.34. The van der Waals surface area contributed by atoms with Crippen LogP contribution in [0.1, 0.15) is 48.5 Å². The first kappa shape index (κ1) is 23.0. The molecule has 0 radical (unpaired) electrons. The molecule has 2 aliphatic heterocycles. The van der Waals surface area contributed by atoms with Crippen LogP contribution in [-0.2, 0) is 4.79 Å². The monoisotopic (exact) mass is 540 g/mol. The van der Waals surface area contributed by atoms with Crippen LogP contribution >= 0.6 is 11.6 Å². The number of amides is 2. The normalized spacial score (nSPS) is 18.8. The number of aromatic nitrogens is 2. The van der Waals surface area contributed by atoms with Gasteiger partial charge in [0.1, 0.15) is 5.82 Å². The van der Waals surface area contributed by atoms with Crippen molar-refractivity contribution in [2.24, 2.45) is 0 Å². The van der Waals surface area contributed by atoms with Crippen molar-refractivity contribution in [3.8, 4) is 11.4 Å². The van der Waals surface area contributed by atoms with Gasteiger partial charge in [-0.05, 0) is 41.5 Å². The average Bonchev–Trinajstić information content (AvgIpc) is 3.30. The number of carbonyl (C=O) groups excluding carboxylic acids is 3. The molecular formula is C27H13ClN4O7. The Labute approximate surface area is 222 Å². The van der Waals surface area contributed by atoms with Crippen LogP contribution in [0.25, 0.3) is 22.4 Å². The van der Waals surface area contributed by atoms with E-state index in [-0.39, 0.29) is 44.8 Å². The summed E-state index contributed by atoms with van der Waals surface area (Å²) >= 11 is 6.30. The van der Waals surface area contributed by atoms with Crippen LogP contribution in [-0.4, -0.2) is 43.3 Å². The van der Waals surface area contributed by atoms with E-state index in [1.807, 2.05) is 0 Å². The third-order valence-corrected chi connectivity index (χ3v) is 7.65. The minimum Gasteiger partial charge on any atom is -0.478 e. The molecule has 7 rings (SSSR count). The highest BCUT2D eigenvalue weighted by molar-refractivity contribution is 6.37. The molecule has 1 aromatic heterocycles. The number of hydrogen-bond acceptors (Lipinski definition) is 7. The summed E-state index contributed by atoms with van der Waals surface area (Å²) in [5, 5.41) is 20.7. The second-order valence-electron chi connectivity index (χ2n) is 9.32. The molecule has 0 fully saturated rings. The van der Waals surface area contributed by atoms with Gasteiger partial charge in [-0.2, -0.15) is 0 Å². The molecule has 1 aliphatic carbocycles. The smallest absolute Gasteiger partial charge is 0.335 e. The number of benzene rings is 3. The van der Waals surface area contributed by atoms with Crippen molar-refractivity contribution in [3.05, 3.63) is 98.1 Å². The number of carboxylic acids is 1. The maximum atomic E-state index is 13.7. The predicted octanol–water partition coefficient (Wildman–Crippen LogP) is 4.54. The number of carbonyl (C=O) groups is 4. The molecule has 4 aromatic rings. The fourth-order valence-electron chi connectivity index (χ4n) is 5.64. The number of imidazole rings is 1. The zero-order valence-electron chi connectivity index (χ0n) is 19.5. The van der Waals surface area contributed by atoms with Gasteiger partial charge in [-0.25, -0.2) is 14.7 Å². The summed E-state index contributed by atoms with van der Waals surface area (Å²) in [4.78, 5) is 68.8. The van der Waals surface area contributed by atoms with E-state index >= 15 is 0 Å². The number of non-ortho nitro benzene ring substituents is 1. The average molecular weight is 541 g/mol. The van der Waals surface area contributed by atoms with E-state index in [2.05, 4.69) is 4.98 Å². The largest absolute Gasteiger partial charge is 0.478 e. The number of halogens is 1. The summed E-state index contributed by atoms with van der Waals surface area (Å²) < 4.78 is 1.40. The summed E-state index contributed by atoms with van der Waals surface area (Å²) in [6.45, 7) is 0. The molecule has 2 unspecified atom stereocenters. The van der Waals surface area contributed by atoms with Crippen LogP contribution in [0.2, 0.25) is 5.02 Å². The minimum atomic E-state index is -1.24. The fraction of sp³-hybridized carbons (Fsp3) is 0.0741. The zero-order chi connectivity index (χ0) is 27.3. The molecule has 190 valence electrons. The maximum absolute atomic E-state index is 13.7. The number of carboxylic acid groups (broad SMARTS) is 1. The molecule has 1 N–H and O–H groups in total. The highest BCUT2D eigenvalue weighted by Crippen LogP contribution is 2.49. The number of nitrogens with zero attached hydrogens (tertiary/aromatic N) is 4. The molecule has 3 heterocycles. The van der Waals surface area contributed by atoms with Gasteiger partial charge >= 0.3 is 5.97 Å². The van der Waals surface area contributed by atoms with E-state index in [4.69, 9.17) is 11.6 Å². The van der Waals surface area contributed by atoms with Gasteiger partial charge in [0.25, 0.3) is 11.6 Å². The van der Waals surface area contributed by atoms with E-state index in [1.54, 1.807) is 18.2 Å². The van der Waals surface area contributed by atoms with Crippen LogP contribution in [0, 0.1) is 10.1 Å². The standard InChI is InChI=1S/C27H13ClN4O7/c28-17-7-1-11(27(36)37)9-20(17)31-25(34)15-4-3-13-21-14(5-6-16(22(15)21)26(31)35)24(33)30-19-8-2-12(32(38)39)10-18(19)29-23(13)30/h1-10,14,16H,(H,36,37). The Hall–Kier alpha value is -5.16. The van der Waals surface area contributed by atoms with E-state index in [1.165, 1.54) is 47.0 Å². The molecule has 3 aromatic carbocycles. The molecule has 11 nitrogen and oxygen atoms in total. The van der Waals surface area contributed by atoms with Gasteiger partial charge in [0.2, 0.25) is 11.8 Å². The van der Waals surface area contributed by atoms with Gasteiger partial charge in [0.05, 0.1) is 44.1 Å².